The Balaban J connectivity index is 1.80. The van der Waals surface area contributed by atoms with E-state index in [0.717, 1.165) is 17.0 Å². The molecule has 0 radical (unpaired) electrons. The van der Waals surface area contributed by atoms with Gasteiger partial charge in [0.05, 0.1) is 11.4 Å². The third-order valence-corrected chi connectivity index (χ3v) is 3.86. The average molecular weight is 322 g/mol. The van der Waals surface area contributed by atoms with E-state index >= 15 is 0 Å². The molecule has 1 aromatic carbocycles. The molecule has 6 nitrogen and oxygen atoms in total. The highest BCUT2D eigenvalue weighted by molar-refractivity contribution is 5.62. The topological polar surface area (TPSA) is 58.9 Å². The zero-order valence-electron chi connectivity index (χ0n) is 14.5. The number of anilines is 2. The fourth-order valence-electron chi connectivity index (χ4n) is 2.72. The standard InChI is InChI=1S/C18H22N6/c1-13-15(12-24(4)22-13)16-9-10-19-18(21-16)20-11-14-7-5-6-8-17(14)23(2)3/h5-10,12H,11H2,1-4H3,(H,19,20,21). The summed E-state index contributed by atoms with van der Waals surface area (Å²) in [7, 11) is 6.00. The summed E-state index contributed by atoms with van der Waals surface area (Å²) in [6.07, 6.45) is 3.75. The predicted molar refractivity (Wildman–Crippen MR) is 97.1 cm³/mol. The SMILES string of the molecule is Cc1nn(C)cc1-c1ccnc(NCc2ccccc2N(C)C)n1. The van der Waals surface area contributed by atoms with Crippen LogP contribution in [0.3, 0.4) is 0 Å². The Morgan fingerprint density at radius 1 is 1.17 bits per heavy atom. The number of aryl methyl sites for hydroxylation is 2. The molecule has 0 amide bonds. The molecular weight excluding hydrogens is 300 g/mol. The number of hydrogen-bond donors (Lipinski definition) is 1. The Bertz CT molecular complexity index is 837. The molecule has 2 aromatic heterocycles. The van der Waals surface area contributed by atoms with Gasteiger partial charge in [0.25, 0.3) is 0 Å². The summed E-state index contributed by atoms with van der Waals surface area (Å²) in [5.74, 6) is 0.615. The van der Waals surface area contributed by atoms with Crippen molar-refractivity contribution in [1.82, 2.24) is 19.7 Å². The van der Waals surface area contributed by atoms with E-state index in [1.165, 1.54) is 11.3 Å². The van der Waals surface area contributed by atoms with Gasteiger partial charge in [0.2, 0.25) is 5.95 Å². The fourth-order valence-corrected chi connectivity index (χ4v) is 2.72. The van der Waals surface area contributed by atoms with Gasteiger partial charge >= 0.3 is 0 Å². The minimum atomic E-state index is 0.615. The number of nitrogens with one attached hydrogen (secondary N) is 1. The second-order valence-electron chi connectivity index (χ2n) is 5.94. The number of rotatable bonds is 5. The Hall–Kier alpha value is -2.89. The van der Waals surface area contributed by atoms with Crippen LogP contribution in [0.15, 0.2) is 42.7 Å². The van der Waals surface area contributed by atoms with E-state index in [1.807, 2.05) is 52.5 Å². The molecule has 0 aliphatic rings. The number of hydrogen-bond acceptors (Lipinski definition) is 5. The number of aromatic nitrogens is 4. The lowest BCUT2D eigenvalue weighted by Crippen LogP contribution is -2.13. The quantitative estimate of drug-likeness (QED) is 0.783. The second kappa shape index (κ2) is 6.70. The maximum absolute atomic E-state index is 4.62. The van der Waals surface area contributed by atoms with Gasteiger partial charge in [0.15, 0.2) is 0 Å². The summed E-state index contributed by atoms with van der Waals surface area (Å²) in [5, 5.41) is 7.69. The van der Waals surface area contributed by atoms with Crippen LogP contribution >= 0.6 is 0 Å². The van der Waals surface area contributed by atoms with Gasteiger partial charge < -0.3 is 10.2 Å². The minimum absolute atomic E-state index is 0.615. The van der Waals surface area contributed by atoms with Crippen molar-refractivity contribution >= 4 is 11.6 Å². The fraction of sp³-hybridized carbons (Fsp3) is 0.278. The molecule has 2 heterocycles. The van der Waals surface area contributed by atoms with Crippen molar-refractivity contribution in [3.05, 3.63) is 54.0 Å². The summed E-state index contributed by atoms with van der Waals surface area (Å²) in [5.41, 5.74) is 5.24. The third-order valence-electron chi connectivity index (χ3n) is 3.86. The summed E-state index contributed by atoms with van der Waals surface area (Å²) in [6, 6.07) is 10.2. The van der Waals surface area contributed by atoms with Gasteiger partial charge in [-0.1, -0.05) is 18.2 Å². The Labute approximate surface area is 142 Å². The lowest BCUT2D eigenvalue weighted by atomic mass is 10.1. The van der Waals surface area contributed by atoms with E-state index < -0.39 is 0 Å². The van der Waals surface area contributed by atoms with E-state index in [2.05, 4.69) is 37.4 Å². The molecule has 0 spiro atoms. The maximum atomic E-state index is 4.62. The molecule has 0 bridgehead atoms. The Kier molecular flexibility index (Phi) is 4.46. The van der Waals surface area contributed by atoms with Gasteiger partial charge in [-0.05, 0) is 24.6 Å². The molecule has 0 unspecified atom stereocenters. The second-order valence-corrected chi connectivity index (χ2v) is 5.94. The first-order valence-corrected chi connectivity index (χ1v) is 7.87. The van der Waals surface area contributed by atoms with E-state index in [9.17, 15) is 0 Å². The molecular formula is C18H22N6. The van der Waals surface area contributed by atoms with Crippen LogP contribution in [0.5, 0.6) is 0 Å². The van der Waals surface area contributed by atoms with Gasteiger partial charge in [0.1, 0.15) is 0 Å². The highest BCUT2D eigenvalue weighted by Gasteiger charge is 2.09. The van der Waals surface area contributed by atoms with Crippen LogP contribution in [0.25, 0.3) is 11.3 Å². The molecule has 1 N–H and O–H groups in total. The van der Waals surface area contributed by atoms with Crippen molar-refractivity contribution in [1.29, 1.82) is 0 Å². The van der Waals surface area contributed by atoms with E-state index in [0.29, 0.717) is 12.5 Å². The van der Waals surface area contributed by atoms with Crippen LogP contribution in [0.4, 0.5) is 11.6 Å². The average Bonchev–Trinajstić information content (AvgIpc) is 2.92. The van der Waals surface area contributed by atoms with Crippen LogP contribution in [0, 0.1) is 6.92 Å². The number of nitrogens with zero attached hydrogens (tertiary/aromatic N) is 5. The monoisotopic (exact) mass is 322 g/mol. The molecule has 0 saturated heterocycles. The molecule has 0 fully saturated rings. The summed E-state index contributed by atoms with van der Waals surface area (Å²) in [4.78, 5) is 11.0. The van der Waals surface area contributed by atoms with Crippen molar-refractivity contribution in [2.24, 2.45) is 7.05 Å². The Morgan fingerprint density at radius 2 is 1.96 bits per heavy atom. The van der Waals surface area contributed by atoms with Crippen molar-refractivity contribution in [2.45, 2.75) is 13.5 Å². The molecule has 24 heavy (non-hydrogen) atoms. The summed E-state index contributed by atoms with van der Waals surface area (Å²) in [6.45, 7) is 2.65. The van der Waals surface area contributed by atoms with Crippen LogP contribution < -0.4 is 10.2 Å². The molecule has 124 valence electrons. The largest absolute Gasteiger partial charge is 0.377 e. The third kappa shape index (κ3) is 3.37. The van der Waals surface area contributed by atoms with E-state index in [1.54, 1.807) is 10.9 Å². The van der Waals surface area contributed by atoms with Crippen LogP contribution in [-0.4, -0.2) is 33.8 Å². The van der Waals surface area contributed by atoms with Crippen LogP contribution in [-0.2, 0) is 13.6 Å². The van der Waals surface area contributed by atoms with Crippen LogP contribution in [0.1, 0.15) is 11.3 Å². The maximum Gasteiger partial charge on any atom is 0.223 e. The molecule has 6 heteroatoms. The lowest BCUT2D eigenvalue weighted by molar-refractivity contribution is 0.756. The smallest absolute Gasteiger partial charge is 0.223 e. The van der Waals surface area contributed by atoms with Gasteiger partial charge in [-0.15, -0.1) is 0 Å². The highest BCUT2D eigenvalue weighted by atomic mass is 15.3. The van der Waals surface area contributed by atoms with Crippen LogP contribution in [0.2, 0.25) is 0 Å². The lowest BCUT2D eigenvalue weighted by Gasteiger charge is -2.17. The van der Waals surface area contributed by atoms with E-state index in [-0.39, 0.29) is 0 Å². The van der Waals surface area contributed by atoms with E-state index in [4.69, 9.17) is 0 Å². The van der Waals surface area contributed by atoms with Gasteiger partial charge in [-0.2, -0.15) is 5.10 Å². The minimum Gasteiger partial charge on any atom is -0.377 e. The van der Waals surface area contributed by atoms with Gasteiger partial charge in [0, 0.05) is 51.3 Å². The first kappa shape index (κ1) is 16.0. The van der Waals surface area contributed by atoms with Crippen molar-refractivity contribution in [3.8, 4) is 11.3 Å². The molecule has 3 aromatic rings. The first-order valence-electron chi connectivity index (χ1n) is 7.87. The zero-order chi connectivity index (χ0) is 17.1. The molecule has 0 saturated carbocycles. The Morgan fingerprint density at radius 3 is 2.67 bits per heavy atom. The zero-order valence-corrected chi connectivity index (χ0v) is 14.5. The predicted octanol–water partition coefficient (Wildman–Crippen LogP) is 2.86. The summed E-state index contributed by atoms with van der Waals surface area (Å²) >= 11 is 0. The molecule has 0 aliphatic carbocycles. The highest BCUT2D eigenvalue weighted by Crippen LogP contribution is 2.22. The molecule has 0 aliphatic heterocycles. The molecule has 0 atom stereocenters. The van der Waals surface area contributed by atoms with Gasteiger partial charge in [-0.3, -0.25) is 4.68 Å². The van der Waals surface area contributed by atoms with Gasteiger partial charge in [-0.25, -0.2) is 9.97 Å². The van der Waals surface area contributed by atoms with Crippen molar-refractivity contribution in [2.75, 3.05) is 24.3 Å². The first-order chi connectivity index (χ1) is 11.5. The molecule has 3 rings (SSSR count). The number of para-hydroxylation sites is 1. The number of benzene rings is 1. The normalized spacial score (nSPS) is 10.7. The summed E-state index contributed by atoms with van der Waals surface area (Å²) < 4.78 is 1.80. The van der Waals surface area contributed by atoms with Crippen molar-refractivity contribution < 1.29 is 0 Å². The van der Waals surface area contributed by atoms with Crippen molar-refractivity contribution in [3.63, 3.8) is 0 Å².